The lowest BCUT2D eigenvalue weighted by Gasteiger charge is -2.12. The van der Waals surface area contributed by atoms with E-state index in [2.05, 4.69) is 5.11 Å². The summed E-state index contributed by atoms with van der Waals surface area (Å²) in [5, 5.41) is 3.23. The summed E-state index contributed by atoms with van der Waals surface area (Å²) in [5.41, 5.74) is 8.81. The molecule has 0 spiro atoms. The van der Waals surface area contributed by atoms with Crippen molar-refractivity contribution in [3.8, 4) is 0 Å². The van der Waals surface area contributed by atoms with Gasteiger partial charge in [-0.15, -0.1) is 5.11 Å². The van der Waals surface area contributed by atoms with Gasteiger partial charge in [-0.25, -0.2) is 5.53 Å². The van der Waals surface area contributed by atoms with Crippen LogP contribution in [-0.2, 0) is 4.74 Å². The molecule has 10 heavy (non-hydrogen) atoms. The van der Waals surface area contributed by atoms with E-state index in [0.717, 1.165) is 5.57 Å². The summed E-state index contributed by atoms with van der Waals surface area (Å²) in [4.78, 5) is 0. The number of ether oxygens (including phenoxy) is 1. The first-order chi connectivity index (χ1) is 4.74. The normalized spacial score (nSPS) is 18.0. The van der Waals surface area contributed by atoms with Crippen LogP contribution in [0.2, 0.25) is 0 Å². The highest BCUT2D eigenvalue weighted by molar-refractivity contribution is 5.26. The Labute approximate surface area is 59.9 Å². The number of nitrogens with zero attached hydrogens (tertiary/aromatic N) is 1. The molecule has 0 aromatic rings. The smallest absolute Gasteiger partial charge is 0.235 e. The molecule has 54 valence electrons. The van der Waals surface area contributed by atoms with Crippen LogP contribution in [0.4, 0.5) is 0 Å². The van der Waals surface area contributed by atoms with E-state index in [0.29, 0.717) is 12.5 Å². The fourth-order valence-corrected chi connectivity index (χ4v) is 0.889. The largest absolute Gasteiger partial charge is 0.472 e. The molecule has 0 aromatic carbocycles. The zero-order chi connectivity index (χ0) is 7.56. The van der Waals surface area contributed by atoms with Gasteiger partial charge in [-0.2, -0.15) is 0 Å². The Morgan fingerprint density at radius 1 is 1.60 bits per heavy atom. The summed E-state index contributed by atoms with van der Waals surface area (Å²) < 4.78 is 5.11. The van der Waals surface area contributed by atoms with E-state index < -0.39 is 0 Å². The molecule has 1 heterocycles. The Morgan fingerprint density at radius 3 is 2.80 bits per heavy atom. The molecule has 0 amide bonds. The third kappa shape index (κ3) is 1.23. The van der Waals surface area contributed by atoms with Gasteiger partial charge >= 0.3 is 0 Å². The molecule has 1 rings (SSSR count). The van der Waals surface area contributed by atoms with Crippen molar-refractivity contribution < 1.29 is 4.74 Å². The van der Waals surface area contributed by atoms with Crippen LogP contribution in [0.15, 0.2) is 28.2 Å². The maximum absolute atomic E-state index is 6.71. The monoisotopic (exact) mass is 138 g/mol. The van der Waals surface area contributed by atoms with Gasteiger partial charge in [0.15, 0.2) is 0 Å². The van der Waals surface area contributed by atoms with E-state index in [4.69, 9.17) is 10.3 Å². The summed E-state index contributed by atoms with van der Waals surface area (Å²) in [6.45, 7) is 4.44. The van der Waals surface area contributed by atoms with Crippen LogP contribution in [0.25, 0.3) is 0 Å². The molecule has 1 aliphatic heterocycles. The number of hydrogen-bond donors (Lipinski definition) is 1. The summed E-state index contributed by atoms with van der Waals surface area (Å²) in [7, 11) is 0. The van der Waals surface area contributed by atoms with Gasteiger partial charge in [0.25, 0.3) is 0 Å². The maximum Gasteiger partial charge on any atom is 0.235 e. The Balaban J connectivity index is 2.90. The molecule has 0 aromatic heterocycles. The van der Waals surface area contributed by atoms with E-state index in [1.807, 2.05) is 19.9 Å². The molecule has 0 saturated heterocycles. The van der Waals surface area contributed by atoms with Crippen LogP contribution in [0, 0.1) is 5.53 Å². The molecular weight excluding hydrogens is 128 g/mol. The first-order valence-corrected chi connectivity index (χ1v) is 3.12. The molecule has 0 atom stereocenters. The highest BCUT2D eigenvalue weighted by Gasteiger charge is 2.06. The van der Waals surface area contributed by atoms with Gasteiger partial charge in [0, 0.05) is 5.57 Å². The van der Waals surface area contributed by atoms with Crippen molar-refractivity contribution in [2.45, 2.75) is 13.8 Å². The zero-order valence-corrected chi connectivity index (χ0v) is 6.14. The minimum Gasteiger partial charge on any atom is -0.472 e. The lowest BCUT2D eigenvalue weighted by Crippen LogP contribution is -2.01. The van der Waals surface area contributed by atoms with Crippen LogP contribution in [0.3, 0.4) is 0 Å². The SMILES string of the molecule is CC1=CC(C)=C(N=N)OC1. The maximum atomic E-state index is 6.71. The Morgan fingerprint density at radius 2 is 2.30 bits per heavy atom. The molecule has 3 nitrogen and oxygen atoms in total. The van der Waals surface area contributed by atoms with Crippen molar-refractivity contribution in [1.82, 2.24) is 0 Å². The Bertz CT molecular complexity index is 216. The topological polar surface area (TPSA) is 45.4 Å². The number of hydrogen-bond acceptors (Lipinski definition) is 3. The molecule has 0 unspecified atom stereocenters. The molecule has 0 saturated carbocycles. The fourth-order valence-electron chi connectivity index (χ4n) is 0.889. The van der Waals surface area contributed by atoms with Gasteiger partial charge in [0.2, 0.25) is 5.88 Å². The highest BCUT2D eigenvalue weighted by atomic mass is 16.5. The minimum atomic E-state index is 0.436. The van der Waals surface area contributed by atoms with Crippen LogP contribution >= 0.6 is 0 Å². The van der Waals surface area contributed by atoms with Crippen molar-refractivity contribution >= 4 is 0 Å². The number of nitrogens with one attached hydrogen (secondary N) is 1. The summed E-state index contributed by atoms with van der Waals surface area (Å²) in [5.74, 6) is 0.436. The first kappa shape index (κ1) is 6.99. The summed E-state index contributed by atoms with van der Waals surface area (Å²) in [6, 6.07) is 0. The predicted octanol–water partition coefficient (Wildman–Crippen LogP) is 2.23. The average Bonchev–Trinajstić information content (AvgIpc) is 1.88. The van der Waals surface area contributed by atoms with E-state index in [-0.39, 0.29) is 0 Å². The molecule has 0 radical (unpaired) electrons. The van der Waals surface area contributed by atoms with Gasteiger partial charge < -0.3 is 4.74 Å². The van der Waals surface area contributed by atoms with Gasteiger partial charge in [-0.05, 0) is 19.4 Å². The van der Waals surface area contributed by atoms with Crippen molar-refractivity contribution in [2.75, 3.05) is 6.61 Å². The zero-order valence-electron chi connectivity index (χ0n) is 6.14. The summed E-state index contributed by atoms with van der Waals surface area (Å²) >= 11 is 0. The van der Waals surface area contributed by atoms with Crippen LogP contribution in [-0.4, -0.2) is 6.61 Å². The molecule has 0 aliphatic carbocycles. The molecule has 3 heteroatoms. The predicted molar refractivity (Wildman–Crippen MR) is 37.6 cm³/mol. The van der Waals surface area contributed by atoms with Crippen LogP contribution < -0.4 is 0 Å². The molecular formula is C7H10N2O. The van der Waals surface area contributed by atoms with Crippen molar-refractivity contribution in [3.05, 3.63) is 23.1 Å². The van der Waals surface area contributed by atoms with Crippen LogP contribution in [0.5, 0.6) is 0 Å². The van der Waals surface area contributed by atoms with E-state index in [1.165, 1.54) is 5.57 Å². The second-order valence-electron chi connectivity index (χ2n) is 2.38. The van der Waals surface area contributed by atoms with Crippen molar-refractivity contribution in [1.29, 1.82) is 5.53 Å². The van der Waals surface area contributed by atoms with Gasteiger partial charge in [0.1, 0.15) is 6.61 Å². The Kier molecular flexibility index (Phi) is 1.85. The van der Waals surface area contributed by atoms with Gasteiger partial charge in [0.05, 0.1) is 0 Å². The third-order valence-electron chi connectivity index (χ3n) is 1.34. The fraction of sp³-hybridized carbons (Fsp3) is 0.429. The standard InChI is InChI=1S/C7H10N2O/c1-5-3-6(2)7(9-8)10-4-5/h3,8H,4H2,1-2H3. The Hall–Kier alpha value is -1.12. The number of rotatable bonds is 1. The van der Waals surface area contributed by atoms with Crippen molar-refractivity contribution in [3.63, 3.8) is 0 Å². The lowest BCUT2D eigenvalue weighted by atomic mass is 10.2. The van der Waals surface area contributed by atoms with Gasteiger partial charge in [-0.1, -0.05) is 6.08 Å². The molecule has 1 aliphatic rings. The molecule has 0 fully saturated rings. The van der Waals surface area contributed by atoms with Crippen LogP contribution in [0.1, 0.15) is 13.8 Å². The van der Waals surface area contributed by atoms with E-state index >= 15 is 0 Å². The molecule has 0 bridgehead atoms. The number of allylic oxidation sites excluding steroid dienone is 2. The molecule has 1 N–H and O–H groups in total. The minimum absolute atomic E-state index is 0.436. The first-order valence-electron chi connectivity index (χ1n) is 3.12. The van der Waals surface area contributed by atoms with Gasteiger partial charge in [-0.3, -0.25) is 0 Å². The van der Waals surface area contributed by atoms with E-state index in [9.17, 15) is 0 Å². The second-order valence-corrected chi connectivity index (χ2v) is 2.38. The second kappa shape index (κ2) is 2.64. The van der Waals surface area contributed by atoms with Crippen molar-refractivity contribution in [2.24, 2.45) is 5.11 Å². The lowest BCUT2D eigenvalue weighted by molar-refractivity contribution is 0.223. The summed E-state index contributed by atoms with van der Waals surface area (Å²) in [6.07, 6.45) is 1.98. The highest BCUT2D eigenvalue weighted by Crippen LogP contribution is 2.17. The third-order valence-corrected chi connectivity index (χ3v) is 1.34. The van der Waals surface area contributed by atoms with E-state index in [1.54, 1.807) is 0 Å². The average molecular weight is 138 g/mol. The quantitative estimate of drug-likeness (QED) is 0.555.